The summed E-state index contributed by atoms with van der Waals surface area (Å²) < 4.78 is 5.27. The Bertz CT molecular complexity index is 510. The van der Waals surface area contributed by atoms with Crippen LogP contribution >= 0.6 is 0 Å². The molecule has 1 aromatic carbocycles. The van der Waals surface area contributed by atoms with Crippen molar-refractivity contribution in [2.75, 3.05) is 6.54 Å². The van der Waals surface area contributed by atoms with Crippen LogP contribution in [-0.2, 0) is 11.2 Å². The third kappa shape index (κ3) is 8.18. The lowest BCUT2D eigenvalue weighted by Crippen LogP contribution is -2.34. The molecule has 0 heterocycles. The van der Waals surface area contributed by atoms with Gasteiger partial charge in [-0.25, -0.2) is 4.79 Å². The first-order chi connectivity index (χ1) is 10.9. The molecule has 8 N–H and O–H groups in total. The van der Waals surface area contributed by atoms with Gasteiger partial charge in [0.2, 0.25) is 0 Å². The smallest absolute Gasteiger partial charge is 0.328 e. The van der Waals surface area contributed by atoms with E-state index in [2.05, 4.69) is 4.99 Å². The maximum atomic E-state index is 11.9. The number of nitrogens with zero attached hydrogens (tertiary/aromatic N) is 1. The SMILES string of the molecule is C[C@@H](N)Cc1ccc(OC(=O)C(N)CCCCN=C(N)N)cc1. The zero-order valence-electron chi connectivity index (χ0n) is 13.6. The van der Waals surface area contributed by atoms with Crippen molar-refractivity contribution in [3.63, 3.8) is 0 Å². The number of carbonyl (C=O) groups excluding carboxylic acids is 1. The molecule has 128 valence electrons. The van der Waals surface area contributed by atoms with Crippen LogP contribution in [0.5, 0.6) is 5.75 Å². The second-order valence-electron chi connectivity index (χ2n) is 5.66. The monoisotopic (exact) mass is 321 g/mol. The number of guanidine groups is 1. The first-order valence-corrected chi connectivity index (χ1v) is 7.75. The molecule has 0 saturated carbocycles. The predicted octanol–water partition coefficient (Wildman–Crippen LogP) is 0.253. The molecule has 7 nitrogen and oxygen atoms in total. The summed E-state index contributed by atoms with van der Waals surface area (Å²) in [6, 6.07) is 6.73. The van der Waals surface area contributed by atoms with Crippen LogP contribution in [0.4, 0.5) is 0 Å². The standard InChI is InChI=1S/C16H27N5O2/c1-11(17)10-12-5-7-13(8-6-12)23-15(22)14(18)4-2-3-9-21-16(19)20/h5-8,11,14H,2-4,9-10,17-18H2,1H3,(H4,19,20,21)/t11-,14?/m1/s1. The van der Waals surface area contributed by atoms with Gasteiger partial charge in [-0.15, -0.1) is 0 Å². The number of hydrogen-bond donors (Lipinski definition) is 4. The van der Waals surface area contributed by atoms with E-state index in [9.17, 15) is 4.79 Å². The Kier molecular flexibility index (Phi) is 8.07. The van der Waals surface area contributed by atoms with Crippen LogP contribution in [0.3, 0.4) is 0 Å². The fourth-order valence-electron chi connectivity index (χ4n) is 2.06. The van der Waals surface area contributed by atoms with Gasteiger partial charge in [0.25, 0.3) is 0 Å². The Labute approximate surface area is 137 Å². The van der Waals surface area contributed by atoms with E-state index in [1.165, 1.54) is 0 Å². The fraction of sp³-hybridized carbons (Fsp3) is 0.500. The Morgan fingerprint density at radius 3 is 2.39 bits per heavy atom. The Balaban J connectivity index is 2.35. The summed E-state index contributed by atoms with van der Waals surface area (Å²) >= 11 is 0. The Morgan fingerprint density at radius 1 is 1.17 bits per heavy atom. The highest BCUT2D eigenvalue weighted by atomic mass is 16.5. The highest BCUT2D eigenvalue weighted by Gasteiger charge is 2.15. The summed E-state index contributed by atoms with van der Waals surface area (Å²) in [5.74, 6) is 0.118. The van der Waals surface area contributed by atoms with E-state index in [1.807, 2.05) is 19.1 Å². The minimum Gasteiger partial charge on any atom is -0.425 e. The molecule has 0 fully saturated rings. The van der Waals surface area contributed by atoms with Crippen molar-refractivity contribution in [2.45, 2.75) is 44.7 Å². The zero-order valence-corrected chi connectivity index (χ0v) is 13.6. The van der Waals surface area contributed by atoms with Gasteiger partial charge in [-0.2, -0.15) is 0 Å². The number of esters is 1. The molecule has 0 saturated heterocycles. The van der Waals surface area contributed by atoms with Crippen LogP contribution in [-0.4, -0.2) is 30.6 Å². The second-order valence-corrected chi connectivity index (χ2v) is 5.66. The molecule has 1 unspecified atom stereocenters. The Hall–Kier alpha value is -2.12. The summed E-state index contributed by atoms with van der Waals surface area (Å²) in [5, 5.41) is 0. The van der Waals surface area contributed by atoms with E-state index in [1.54, 1.807) is 12.1 Å². The molecule has 0 aliphatic rings. The van der Waals surface area contributed by atoms with Crippen molar-refractivity contribution in [1.82, 2.24) is 0 Å². The average Bonchev–Trinajstić information content (AvgIpc) is 2.47. The highest BCUT2D eigenvalue weighted by molar-refractivity contribution is 5.78. The van der Waals surface area contributed by atoms with E-state index in [-0.39, 0.29) is 12.0 Å². The van der Waals surface area contributed by atoms with Crippen LogP contribution < -0.4 is 27.7 Å². The van der Waals surface area contributed by atoms with E-state index < -0.39 is 12.0 Å². The summed E-state index contributed by atoms with van der Waals surface area (Å²) in [4.78, 5) is 15.8. The topological polar surface area (TPSA) is 143 Å². The van der Waals surface area contributed by atoms with Gasteiger partial charge in [-0.1, -0.05) is 12.1 Å². The normalized spacial score (nSPS) is 13.2. The molecule has 0 aromatic heterocycles. The van der Waals surface area contributed by atoms with Gasteiger partial charge in [0, 0.05) is 12.6 Å². The van der Waals surface area contributed by atoms with Crippen LogP contribution in [0, 0.1) is 0 Å². The number of ether oxygens (including phenoxy) is 1. The molecule has 23 heavy (non-hydrogen) atoms. The minimum absolute atomic E-state index is 0.0705. The molecular formula is C16H27N5O2. The van der Waals surface area contributed by atoms with Gasteiger partial charge in [-0.05, 0) is 50.3 Å². The van der Waals surface area contributed by atoms with E-state index in [0.717, 1.165) is 24.8 Å². The largest absolute Gasteiger partial charge is 0.425 e. The first-order valence-electron chi connectivity index (χ1n) is 7.75. The number of unbranched alkanes of at least 4 members (excludes halogenated alkanes) is 1. The summed E-state index contributed by atoms with van der Waals surface area (Å²) in [7, 11) is 0. The number of aliphatic imine (C=N–C) groups is 1. The molecule has 0 amide bonds. The van der Waals surface area contributed by atoms with Gasteiger partial charge >= 0.3 is 5.97 Å². The van der Waals surface area contributed by atoms with Crippen LogP contribution in [0.2, 0.25) is 0 Å². The number of rotatable bonds is 9. The Morgan fingerprint density at radius 2 is 1.83 bits per heavy atom. The minimum atomic E-state index is -0.655. The lowest BCUT2D eigenvalue weighted by Gasteiger charge is -2.11. The number of nitrogens with two attached hydrogens (primary N) is 4. The lowest BCUT2D eigenvalue weighted by molar-refractivity contribution is -0.136. The molecule has 1 aromatic rings. The van der Waals surface area contributed by atoms with Crippen molar-refractivity contribution in [1.29, 1.82) is 0 Å². The van der Waals surface area contributed by atoms with Crippen molar-refractivity contribution in [3.05, 3.63) is 29.8 Å². The quantitative estimate of drug-likeness (QED) is 0.169. The molecule has 0 bridgehead atoms. The zero-order chi connectivity index (χ0) is 17.2. The number of hydrogen-bond acceptors (Lipinski definition) is 5. The van der Waals surface area contributed by atoms with Crippen molar-refractivity contribution in [2.24, 2.45) is 27.9 Å². The predicted molar refractivity (Wildman–Crippen MR) is 91.9 cm³/mol. The van der Waals surface area contributed by atoms with Crippen LogP contribution in [0.15, 0.2) is 29.3 Å². The summed E-state index contributed by atoms with van der Waals surface area (Å²) in [6.45, 7) is 2.48. The number of carbonyl (C=O) groups is 1. The second kappa shape index (κ2) is 9.81. The van der Waals surface area contributed by atoms with Crippen molar-refractivity contribution >= 4 is 11.9 Å². The maximum absolute atomic E-state index is 11.9. The van der Waals surface area contributed by atoms with Crippen LogP contribution in [0.25, 0.3) is 0 Å². The summed E-state index contributed by atoms with van der Waals surface area (Å²) in [5.41, 5.74) is 23.1. The van der Waals surface area contributed by atoms with Crippen LogP contribution in [0.1, 0.15) is 31.7 Å². The van der Waals surface area contributed by atoms with E-state index >= 15 is 0 Å². The fourth-order valence-corrected chi connectivity index (χ4v) is 2.06. The average molecular weight is 321 g/mol. The highest BCUT2D eigenvalue weighted by Crippen LogP contribution is 2.14. The van der Waals surface area contributed by atoms with Crippen molar-refractivity contribution < 1.29 is 9.53 Å². The van der Waals surface area contributed by atoms with Gasteiger partial charge in [-0.3, -0.25) is 4.99 Å². The molecule has 0 spiro atoms. The molecule has 1 rings (SSSR count). The third-order valence-electron chi connectivity index (χ3n) is 3.22. The van der Waals surface area contributed by atoms with E-state index in [4.69, 9.17) is 27.7 Å². The van der Waals surface area contributed by atoms with Gasteiger partial charge in [0.15, 0.2) is 5.96 Å². The van der Waals surface area contributed by atoms with Gasteiger partial charge in [0.05, 0.1) is 0 Å². The molecular weight excluding hydrogens is 294 g/mol. The van der Waals surface area contributed by atoms with E-state index in [0.29, 0.717) is 18.7 Å². The maximum Gasteiger partial charge on any atom is 0.328 e. The number of benzene rings is 1. The van der Waals surface area contributed by atoms with Gasteiger partial charge < -0.3 is 27.7 Å². The molecule has 7 heteroatoms. The molecule has 0 aliphatic carbocycles. The molecule has 0 aliphatic heterocycles. The third-order valence-corrected chi connectivity index (χ3v) is 3.22. The summed E-state index contributed by atoms with van der Waals surface area (Å²) in [6.07, 6.45) is 2.83. The van der Waals surface area contributed by atoms with Gasteiger partial charge in [0.1, 0.15) is 11.8 Å². The molecule has 2 atom stereocenters. The van der Waals surface area contributed by atoms with Crippen molar-refractivity contribution in [3.8, 4) is 5.75 Å². The lowest BCUT2D eigenvalue weighted by atomic mass is 10.1. The first kappa shape index (κ1) is 18.9. The molecule has 0 radical (unpaired) electrons.